The molecule has 0 N–H and O–H groups in total. The predicted octanol–water partition coefficient (Wildman–Crippen LogP) is 5.11. The van der Waals surface area contributed by atoms with Gasteiger partial charge in [-0.25, -0.2) is 0 Å². The van der Waals surface area contributed by atoms with Gasteiger partial charge in [0, 0.05) is 4.91 Å². The lowest BCUT2D eigenvalue weighted by atomic mass is 9.95. The van der Waals surface area contributed by atoms with Crippen molar-refractivity contribution in [1.29, 1.82) is 0 Å². The number of nitrogens with zero attached hydrogens (tertiary/aromatic N) is 3. The summed E-state index contributed by atoms with van der Waals surface area (Å²) in [4.78, 5) is 2.67. The van der Waals surface area contributed by atoms with E-state index < -0.39 is 17.8 Å². The summed E-state index contributed by atoms with van der Waals surface area (Å²) in [5, 5.41) is 3.52. The van der Waals surface area contributed by atoms with Gasteiger partial charge >= 0.3 is 6.18 Å². The maximum Gasteiger partial charge on any atom is 0.416 e. The van der Waals surface area contributed by atoms with E-state index in [0.29, 0.717) is 5.56 Å². The Balaban J connectivity index is 2.60. The van der Waals surface area contributed by atoms with Gasteiger partial charge in [-0.05, 0) is 22.7 Å². The second-order valence-electron chi connectivity index (χ2n) is 4.10. The molecule has 6 heteroatoms. The van der Waals surface area contributed by atoms with E-state index in [1.807, 2.05) is 0 Å². The third-order valence-corrected chi connectivity index (χ3v) is 2.84. The van der Waals surface area contributed by atoms with Crippen LogP contribution in [-0.4, -0.2) is 0 Å². The molecule has 0 spiro atoms. The van der Waals surface area contributed by atoms with Crippen LogP contribution in [0, 0.1) is 0 Å². The zero-order chi connectivity index (χ0) is 14.6. The highest BCUT2D eigenvalue weighted by Crippen LogP contribution is 2.37. The molecule has 0 radical (unpaired) electrons. The number of halogens is 3. The minimum Gasteiger partial charge on any atom is -0.166 e. The van der Waals surface area contributed by atoms with Crippen LogP contribution in [0.15, 0.2) is 59.7 Å². The molecule has 0 saturated carbocycles. The first kappa shape index (κ1) is 14.0. The van der Waals surface area contributed by atoms with Crippen molar-refractivity contribution in [2.24, 2.45) is 5.11 Å². The van der Waals surface area contributed by atoms with Gasteiger partial charge in [0.1, 0.15) is 0 Å². The molecule has 0 bridgehead atoms. The first-order valence-corrected chi connectivity index (χ1v) is 5.79. The standard InChI is InChI=1S/C14H10F3N3/c15-14(16,17)12-9-5-4-8-11(12)13(19-20-18)10-6-2-1-3-7-10/h1-9,13H. The van der Waals surface area contributed by atoms with Crippen molar-refractivity contribution >= 4 is 0 Å². The second-order valence-corrected chi connectivity index (χ2v) is 4.10. The highest BCUT2D eigenvalue weighted by atomic mass is 19.4. The normalized spacial score (nSPS) is 12.6. The molecular weight excluding hydrogens is 267 g/mol. The van der Waals surface area contributed by atoms with Crippen molar-refractivity contribution in [2.75, 3.05) is 0 Å². The third kappa shape index (κ3) is 2.92. The summed E-state index contributed by atoms with van der Waals surface area (Å²) in [5.74, 6) is 0. The van der Waals surface area contributed by atoms with Gasteiger partial charge in [0.15, 0.2) is 0 Å². The van der Waals surface area contributed by atoms with E-state index in [1.54, 1.807) is 30.3 Å². The van der Waals surface area contributed by atoms with E-state index in [0.717, 1.165) is 6.07 Å². The van der Waals surface area contributed by atoms with Crippen LogP contribution in [0.3, 0.4) is 0 Å². The Kier molecular flexibility index (Phi) is 3.96. The number of azide groups is 1. The first-order chi connectivity index (χ1) is 9.54. The van der Waals surface area contributed by atoms with Crippen LogP contribution in [0.1, 0.15) is 22.7 Å². The largest absolute Gasteiger partial charge is 0.416 e. The minimum absolute atomic E-state index is 0.0519. The van der Waals surface area contributed by atoms with Crippen LogP contribution in [0.2, 0.25) is 0 Å². The molecule has 0 aliphatic heterocycles. The Hall–Kier alpha value is -2.46. The fourth-order valence-corrected chi connectivity index (χ4v) is 1.99. The number of alkyl halides is 3. The van der Waals surface area contributed by atoms with Gasteiger partial charge < -0.3 is 0 Å². The molecule has 2 rings (SSSR count). The Morgan fingerprint density at radius 1 is 0.950 bits per heavy atom. The molecule has 0 amide bonds. The van der Waals surface area contributed by atoms with Crippen molar-refractivity contribution in [3.8, 4) is 0 Å². The van der Waals surface area contributed by atoms with Crippen LogP contribution in [0.4, 0.5) is 13.2 Å². The minimum atomic E-state index is -4.49. The molecule has 1 atom stereocenters. The summed E-state index contributed by atoms with van der Waals surface area (Å²) >= 11 is 0. The molecule has 0 aliphatic rings. The summed E-state index contributed by atoms with van der Waals surface area (Å²) in [6, 6.07) is 12.5. The van der Waals surface area contributed by atoms with Crippen LogP contribution in [-0.2, 0) is 6.18 Å². The van der Waals surface area contributed by atoms with Gasteiger partial charge in [-0.15, -0.1) is 0 Å². The van der Waals surface area contributed by atoms with Crippen molar-refractivity contribution < 1.29 is 13.2 Å². The van der Waals surface area contributed by atoms with E-state index >= 15 is 0 Å². The first-order valence-electron chi connectivity index (χ1n) is 5.79. The van der Waals surface area contributed by atoms with Gasteiger partial charge in [-0.3, -0.25) is 0 Å². The lowest BCUT2D eigenvalue weighted by molar-refractivity contribution is -0.138. The predicted molar refractivity (Wildman–Crippen MR) is 68.9 cm³/mol. The molecule has 3 nitrogen and oxygen atoms in total. The monoisotopic (exact) mass is 277 g/mol. The molecule has 2 aromatic carbocycles. The van der Waals surface area contributed by atoms with E-state index in [4.69, 9.17) is 5.53 Å². The molecule has 0 fully saturated rings. The Morgan fingerprint density at radius 2 is 1.55 bits per heavy atom. The Morgan fingerprint density at radius 3 is 2.15 bits per heavy atom. The van der Waals surface area contributed by atoms with Gasteiger partial charge in [0.25, 0.3) is 0 Å². The zero-order valence-corrected chi connectivity index (χ0v) is 10.2. The molecule has 0 saturated heterocycles. The smallest absolute Gasteiger partial charge is 0.166 e. The van der Waals surface area contributed by atoms with E-state index in [2.05, 4.69) is 10.0 Å². The maximum absolute atomic E-state index is 13.0. The van der Waals surface area contributed by atoms with Crippen LogP contribution in [0.5, 0.6) is 0 Å². The quantitative estimate of drug-likeness (QED) is 0.425. The molecule has 0 aromatic heterocycles. The third-order valence-electron chi connectivity index (χ3n) is 2.84. The molecule has 102 valence electrons. The zero-order valence-electron chi connectivity index (χ0n) is 10.2. The second kappa shape index (κ2) is 5.67. The topological polar surface area (TPSA) is 48.8 Å². The summed E-state index contributed by atoms with van der Waals surface area (Å²) in [6.45, 7) is 0. The highest BCUT2D eigenvalue weighted by Gasteiger charge is 2.35. The maximum atomic E-state index is 13.0. The van der Waals surface area contributed by atoms with Crippen molar-refractivity contribution in [2.45, 2.75) is 12.2 Å². The summed E-state index contributed by atoms with van der Waals surface area (Å²) in [7, 11) is 0. The van der Waals surface area contributed by atoms with Crippen molar-refractivity contribution in [3.63, 3.8) is 0 Å². The highest BCUT2D eigenvalue weighted by molar-refractivity contribution is 5.39. The lowest BCUT2D eigenvalue weighted by Crippen LogP contribution is -2.11. The van der Waals surface area contributed by atoms with Crippen molar-refractivity contribution in [3.05, 3.63) is 81.7 Å². The van der Waals surface area contributed by atoms with Crippen LogP contribution < -0.4 is 0 Å². The molecule has 2 aromatic rings. The SMILES string of the molecule is [N-]=[N+]=NC(c1ccccc1)c1ccccc1C(F)(F)F. The van der Waals surface area contributed by atoms with Crippen LogP contribution in [0.25, 0.3) is 10.4 Å². The average molecular weight is 277 g/mol. The van der Waals surface area contributed by atoms with Gasteiger partial charge in [-0.1, -0.05) is 53.6 Å². The van der Waals surface area contributed by atoms with E-state index in [9.17, 15) is 13.2 Å². The van der Waals surface area contributed by atoms with E-state index in [1.165, 1.54) is 18.2 Å². The number of rotatable bonds is 3. The summed E-state index contributed by atoms with van der Waals surface area (Å²) < 4.78 is 39.1. The van der Waals surface area contributed by atoms with Crippen LogP contribution >= 0.6 is 0 Å². The lowest BCUT2D eigenvalue weighted by Gasteiger charge is -2.18. The van der Waals surface area contributed by atoms with Gasteiger partial charge in [0.05, 0.1) is 11.6 Å². The molecule has 0 aliphatic carbocycles. The number of benzene rings is 2. The molecule has 20 heavy (non-hydrogen) atoms. The van der Waals surface area contributed by atoms with Crippen molar-refractivity contribution in [1.82, 2.24) is 0 Å². The van der Waals surface area contributed by atoms with Gasteiger partial charge in [-0.2, -0.15) is 13.2 Å². The fourth-order valence-electron chi connectivity index (χ4n) is 1.99. The fraction of sp³-hybridized carbons (Fsp3) is 0.143. The average Bonchev–Trinajstić information content (AvgIpc) is 2.45. The number of hydrogen-bond acceptors (Lipinski definition) is 1. The number of hydrogen-bond donors (Lipinski definition) is 0. The molecular formula is C14H10F3N3. The van der Waals surface area contributed by atoms with Gasteiger partial charge in [0.2, 0.25) is 0 Å². The molecule has 1 unspecified atom stereocenters. The summed E-state index contributed by atoms with van der Waals surface area (Å²) in [6.07, 6.45) is -4.49. The summed E-state index contributed by atoms with van der Waals surface area (Å²) in [5.41, 5.74) is 8.30. The van der Waals surface area contributed by atoms with E-state index in [-0.39, 0.29) is 5.56 Å². The Labute approximate surface area is 113 Å². The Bertz CT molecular complexity index is 632. The molecule has 0 heterocycles.